The molecule has 0 radical (unpaired) electrons. The lowest BCUT2D eigenvalue weighted by molar-refractivity contribution is -0.149. The number of rotatable bonds is 7. The lowest BCUT2D eigenvalue weighted by Crippen LogP contribution is -2.53. The van der Waals surface area contributed by atoms with Crippen molar-refractivity contribution in [2.45, 2.75) is 57.0 Å². The van der Waals surface area contributed by atoms with E-state index in [1.807, 2.05) is 13.8 Å². The number of nitrogens with one attached hydrogen (secondary N) is 1. The monoisotopic (exact) mass is 307 g/mol. The van der Waals surface area contributed by atoms with E-state index < -0.39 is 5.54 Å². The molecule has 1 fully saturated rings. The second-order valence-corrected chi connectivity index (χ2v) is 7.05. The molecule has 4 heteroatoms. The molecule has 1 aromatic rings. The van der Waals surface area contributed by atoms with Crippen molar-refractivity contribution in [3.05, 3.63) is 29.3 Å². The maximum Gasteiger partial charge on any atom is 0.326 e. The van der Waals surface area contributed by atoms with Crippen LogP contribution in [-0.4, -0.2) is 29.9 Å². The van der Waals surface area contributed by atoms with Gasteiger partial charge in [-0.25, -0.2) is 0 Å². The Labute approximate surface area is 131 Å². The zero-order valence-electron chi connectivity index (χ0n) is 13.4. The van der Waals surface area contributed by atoms with Gasteiger partial charge in [0, 0.05) is 16.7 Å². The number of aryl methyl sites for hydroxylation is 2. The molecular formula is C17H25NO2S. The molecule has 0 amide bonds. The van der Waals surface area contributed by atoms with Crippen LogP contribution in [0.1, 0.15) is 37.8 Å². The highest BCUT2D eigenvalue weighted by Gasteiger charge is 2.39. The number of hydrogen-bond acceptors (Lipinski definition) is 4. The van der Waals surface area contributed by atoms with Crippen LogP contribution in [0.4, 0.5) is 0 Å². The van der Waals surface area contributed by atoms with E-state index >= 15 is 0 Å². The van der Waals surface area contributed by atoms with Crippen molar-refractivity contribution in [2.75, 3.05) is 12.4 Å². The summed E-state index contributed by atoms with van der Waals surface area (Å²) in [5, 5.41) is 3.46. The molecule has 3 nitrogen and oxygen atoms in total. The predicted octanol–water partition coefficient (Wildman–Crippen LogP) is 3.47. The molecule has 0 heterocycles. The molecule has 1 unspecified atom stereocenters. The van der Waals surface area contributed by atoms with Gasteiger partial charge < -0.3 is 4.74 Å². The molecular weight excluding hydrogens is 282 g/mol. The van der Waals surface area contributed by atoms with Crippen LogP contribution in [0.2, 0.25) is 0 Å². The van der Waals surface area contributed by atoms with Crippen LogP contribution < -0.4 is 5.32 Å². The van der Waals surface area contributed by atoms with Crippen LogP contribution >= 0.6 is 11.8 Å². The molecule has 1 aromatic carbocycles. The number of benzene rings is 1. The van der Waals surface area contributed by atoms with Crippen molar-refractivity contribution in [3.63, 3.8) is 0 Å². The minimum absolute atomic E-state index is 0.144. The molecule has 1 saturated carbocycles. The fourth-order valence-electron chi connectivity index (χ4n) is 2.31. The van der Waals surface area contributed by atoms with E-state index in [2.05, 4.69) is 37.4 Å². The predicted molar refractivity (Wildman–Crippen MR) is 87.8 cm³/mol. The first-order valence-electron chi connectivity index (χ1n) is 7.59. The second-order valence-electron chi connectivity index (χ2n) is 6.03. The molecule has 1 N–H and O–H groups in total. The first-order valence-corrected chi connectivity index (χ1v) is 8.58. The largest absolute Gasteiger partial charge is 0.465 e. The molecule has 1 aliphatic rings. The van der Waals surface area contributed by atoms with Gasteiger partial charge in [0.2, 0.25) is 0 Å². The molecule has 2 rings (SSSR count). The van der Waals surface area contributed by atoms with Gasteiger partial charge >= 0.3 is 5.97 Å². The van der Waals surface area contributed by atoms with Crippen molar-refractivity contribution >= 4 is 17.7 Å². The summed E-state index contributed by atoms with van der Waals surface area (Å²) in [6.45, 7) is 8.45. The Morgan fingerprint density at radius 2 is 2.14 bits per heavy atom. The summed E-state index contributed by atoms with van der Waals surface area (Å²) in [6.07, 6.45) is 2.31. The average Bonchev–Trinajstić information content (AvgIpc) is 3.22. The molecule has 0 aliphatic heterocycles. The summed E-state index contributed by atoms with van der Waals surface area (Å²) in [7, 11) is 0. The van der Waals surface area contributed by atoms with Gasteiger partial charge in [-0.2, -0.15) is 0 Å². The van der Waals surface area contributed by atoms with Crippen molar-refractivity contribution in [1.29, 1.82) is 0 Å². The highest BCUT2D eigenvalue weighted by molar-refractivity contribution is 7.99. The topological polar surface area (TPSA) is 38.3 Å². The average molecular weight is 307 g/mol. The summed E-state index contributed by atoms with van der Waals surface area (Å²) in [5.41, 5.74) is 1.91. The minimum atomic E-state index is -0.612. The Hall–Kier alpha value is -1.00. The van der Waals surface area contributed by atoms with E-state index in [9.17, 15) is 4.79 Å². The molecule has 0 aromatic heterocycles. The third-order valence-electron chi connectivity index (χ3n) is 3.67. The van der Waals surface area contributed by atoms with Crippen molar-refractivity contribution in [3.8, 4) is 0 Å². The summed E-state index contributed by atoms with van der Waals surface area (Å²) >= 11 is 1.72. The van der Waals surface area contributed by atoms with Gasteiger partial charge in [0.25, 0.3) is 0 Å². The summed E-state index contributed by atoms with van der Waals surface area (Å²) in [5.74, 6) is 0.542. The van der Waals surface area contributed by atoms with Gasteiger partial charge in [-0.15, -0.1) is 11.8 Å². The Balaban J connectivity index is 2.05. The highest BCUT2D eigenvalue weighted by Crippen LogP contribution is 2.30. The smallest absolute Gasteiger partial charge is 0.326 e. The zero-order valence-corrected chi connectivity index (χ0v) is 14.2. The van der Waals surface area contributed by atoms with Gasteiger partial charge in [-0.3, -0.25) is 10.1 Å². The van der Waals surface area contributed by atoms with E-state index in [1.165, 1.54) is 16.0 Å². The number of hydrogen-bond donors (Lipinski definition) is 1. The standard InChI is InChI=1S/C17H25NO2S/c1-5-20-16(19)17(4,18-14-7-8-14)11-21-15-9-6-12(2)10-13(15)3/h6,9-10,14,18H,5,7-8,11H2,1-4H3. The van der Waals surface area contributed by atoms with E-state index in [1.54, 1.807) is 11.8 Å². The Bertz CT molecular complexity index is 514. The van der Waals surface area contributed by atoms with E-state index in [4.69, 9.17) is 4.74 Å². The van der Waals surface area contributed by atoms with Crippen LogP contribution in [0, 0.1) is 13.8 Å². The third kappa shape index (κ3) is 4.48. The quantitative estimate of drug-likeness (QED) is 0.618. The highest BCUT2D eigenvalue weighted by atomic mass is 32.2. The zero-order chi connectivity index (χ0) is 15.5. The number of ether oxygens (including phenoxy) is 1. The van der Waals surface area contributed by atoms with Crippen LogP contribution in [-0.2, 0) is 9.53 Å². The molecule has 0 saturated heterocycles. The van der Waals surface area contributed by atoms with E-state index in [0.29, 0.717) is 18.4 Å². The Kier molecular flexibility index (Phi) is 5.33. The molecule has 0 bridgehead atoms. The van der Waals surface area contributed by atoms with Crippen LogP contribution in [0.15, 0.2) is 23.1 Å². The molecule has 1 atom stereocenters. The number of thioether (sulfide) groups is 1. The van der Waals surface area contributed by atoms with Gasteiger partial charge in [0.15, 0.2) is 0 Å². The third-order valence-corrected chi connectivity index (χ3v) is 5.16. The number of carbonyl (C=O) groups excluding carboxylic acids is 1. The van der Waals surface area contributed by atoms with Crippen molar-refractivity contribution in [2.24, 2.45) is 0 Å². The Morgan fingerprint density at radius 3 is 2.71 bits per heavy atom. The lowest BCUT2D eigenvalue weighted by Gasteiger charge is -2.28. The van der Waals surface area contributed by atoms with Gasteiger partial charge in [0.1, 0.15) is 5.54 Å². The number of carbonyl (C=O) groups is 1. The SMILES string of the molecule is CCOC(=O)C(C)(CSc1ccc(C)cc1C)NC1CC1. The fraction of sp³-hybridized carbons (Fsp3) is 0.588. The van der Waals surface area contributed by atoms with Crippen molar-refractivity contribution < 1.29 is 9.53 Å². The maximum atomic E-state index is 12.3. The Morgan fingerprint density at radius 1 is 1.43 bits per heavy atom. The molecule has 0 spiro atoms. The van der Waals surface area contributed by atoms with Crippen molar-refractivity contribution in [1.82, 2.24) is 5.32 Å². The summed E-state index contributed by atoms with van der Waals surface area (Å²) in [4.78, 5) is 13.5. The van der Waals surface area contributed by atoms with Gasteiger partial charge in [-0.05, 0) is 52.2 Å². The molecule has 116 valence electrons. The van der Waals surface area contributed by atoms with Crippen LogP contribution in [0.25, 0.3) is 0 Å². The molecule has 1 aliphatic carbocycles. The fourth-order valence-corrected chi connectivity index (χ4v) is 3.41. The first kappa shape index (κ1) is 16.4. The maximum absolute atomic E-state index is 12.3. The summed E-state index contributed by atoms with van der Waals surface area (Å²) < 4.78 is 5.26. The van der Waals surface area contributed by atoms with Crippen LogP contribution in [0.3, 0.4) is 0 Å². The number of esters is 1. The lowest BCUT2D eigenvalue weighted by atomic mass is 10.1. The van der Waals surface area contributed by atoms with Crippen LogP contribution in [0.5, 0.6) is 0 Å². The van der Waals surface area contributed by atoms with E-state index in [-0.39, 0.29) is 5.97 Å². The van der Waals surface area contributed by atoms with Gasteiger partial charge in [0.05, 0.1) is 6.61 Å². The second kappa shape index (κ2) is 6.84. The minimum Gasteiger partial charge on any atom is -0.465 e. The molecule has 21 heavy (non-hydrogen) atoms. The van der Waals surface area contributed by atoms with Gasteiger partial charge in [-0.1, -0.05) is 17.7 Å². The normalized spacial score (nSPS) is 17.3. The van der Waals surface area contributed by atoms with E-state index in [0.717, 1.165) is 12.8 Å². The first-order chi connectivity index (χ1) is 9.94. The summed E-state index contributed by atoms with van der Waals surface area (Å²) in [6, 6.07) is 6.90.